The Labute approximate surface area is 265 Å². The topological polar surface area (TPSA) is 109 Å². The van der Waals surface area contributed by atoms with Crippen molar-refractivity contribution < 1.29 is 23.0 Å². The molecule has 10 nitrogen and oxygen atoms in total. The van der Waals surface area contributed by atoms with Gasteiger partial charge in [0.15, 0.2) is 5.82 Å². The maximum absolute atomic E-state index is 17.0. The summed E-state index contributed by atoms with van der Waals surface area (Å²) < 4.78 is 43.5. The second-order valence-electron chi connectivity index (χ2n) is 13.6. The van der Waals surface area contributed by atoms with E-state index >= 15 is 4.39 Å². The average molecular weight is 632 g/mol. The van der Waals surface area contributed by atoms with E-state index in [9.17, 15) is 9.18 Å². The molecule has 1 unspecified atom stereocenters. The molecule has 12 heteroatoms. The molecular formula is C34H39F2N7O3. The van der Waals surface area contributed by atoms with Crippen molar-refractivity contribution in [3.05, 3.63) is 35.4 Å². The summed E-state index contributed by atoms with van der Waals surface area (Å²) in [5.41, 5.74) is 3.21. The van der Waals surface area contributed by atoms with Gasteiger partial charge in [-0.2, -0.15) is 15.1 Å². The molecule has 0 aliphatic carbocycles. The molecule has 5 aliphatic rings. The molecule has 1 aromatic carbocycles. The Morgan fingerprint density at radius 3 is 2.93 bits per heavy atom. The molecule has 242 valence electrons. The number of rotatable bonds is 3. The van der Waals surface area contributed by atoms with Crippen LogP contribution >= 0.6 is 0 Å². The number of anilines is 1. The summed E-state index contributed by atoms with van der Waals surface area (Å²) in [7, 11) is 0. The minimum atomic E-state index is -0.882. The number of carbonyl (C=O) groups excluding carboxylic acids is 1. The Kier molecular flexibility index (Phi) is 7.50. The maximum Gasteiger partial charge on any atom is 0.319 e. The molecule has 9 rings (SSSR count). The van der Waals surface area contributed by atoms with Crippen molar-refractivity contribution in [1.29, 1.82) is 0 Å². The van der Waals surface area contributed by atoms with Crippen molar-refractivity contribution in [3.8, 4) is 17.3 Å². The van der Waals surface area contributed by atoms with Crippen LogP contribution in [0.2, 0.25) is 0 Å². The normalized spacial score (nSPS) is 25.6. The number of fused-ring (bicyclic) bond motifs is 9. The fourth-order valence-electron chi connectivity index (χ4n) is 8.32. The van der Waals surface area contributed by atoms with Gasteiger partial charge in [0.25, 0.3) is 0 Å². The van der Waals surface area contributed by atoms with Gasteiger partial charge in [-0.1, -0.05) is 0 Å². The molecule has 0 amide bonds. The van der Waals surface area contributed by atoms with Gasteiger partial charge in [-0.25, -0.2) is 8.78 Å². The van der Waals surface area contributed by atoms with E-state index in [1.54, 1.807) is 12.4 Å². The van der Waals surface area contributed by atoms with Crippen LogP contribution in [-0.4, -0.2) is 87.1 Å². The number of aromatic amines is 1. The first-order valence-corrected chi connectivity index (χ1v) is 16.6. The van der Waals surface area contributed by atoms with Crippen LogP contribution in [0.3, 0.4) is 0 Å². The Morgan fingerprint density at radius 2 is 2.02 bits per heavy atom. The lowest BCUT2D eigenvalue weighted by Crippen LogP contribution is -2.43. The smallest absolute Gasteiger partial charge is 0.319 e. The van der Waals surface area contributed by atoms with Crippen LogP contribution in [0.5, 0.6) is 6.01 Å². The van der Waals surface area contributed by atoms with E-state index in [4.69, 9.17) is 19.4 Å². The van der Waals surface area contributed by atoms with Crippen molar-refractivity contribution in [3.63, 3.8) is 0 Å². The van der Waals surface area contributed by atoms with E-state index < -0.39 is 12.0 Å². The van der Waals surface area contributed by atoms with Gasteiger partial charge in [0.2, 0.25) is 0 Å². The lowest BCUT2D eigenvalue weighted by Gasteiger charge is -2.34. The molecule has 0 radical (unpaired) electrons. The highest BCUT2D eigenvalue weighted by Gasteiger charge is 2.49. The monoisotopic (exact) mass is 631 g/mol. The molecule has 3 atom stereocenters. The van der Waals surface area contributed by atoms with Crippen LogP contribution in [0.4, 0.5) is 14.6 Å². The summed E-state index contributed by atoms with van der Waals surface area (Å²) >= 11 is 0. The molecule has 3 aromatic heterocycles. The molecule has 1 N–H and O–H groups in total. The Hall–Kier alpha value is -3.93. The Morgan fingerprint density at radius 1 is 1.11 bits per heavy atom. The lowest BCUT2D eigenvalue weighted by atomic mass is 9.91. The van der Waals surface area contributed by atoms with Gasteiger partial charge >= 0.3 is 12.0 Å². The number of hydrogen-bond donors (Lipinski definition) is 1. The SMILES string of the molecule is Cc1cc2[nH]ncc2c2c1CCCC(=O)OCCC1CCCN(C1)c1nc(OC[C@@]34CCCN3C[C@H](F)C4)nc3c(F)c-2ncc13. The molecule has 4 aromatic rings. The van der Waals surface area contributed by atoms with Crippen molar-refractivity contribution in [2.45, 2.75) is 76.4 Å². The van der Waals surface area contributed by atoms with Crippen LogP contribution < -0.4 is 9.64 Å². The third-order valence-electron chi connectivity index (χ3n) is 10.6. The third-order valence-corrected chi connectivity index (χ3v) is 10.6. The number of nitrogens with one attached hydrogen (secondary N) is 1. The van der Waals surface area contributed by atoms with Gasteiger partial charge in [0, 0.05) is 49.6 Å². The number of piperidine rings is 1. The van der Waals surface area contributed by atoms with Gasteiger partial charge in [-0.05, 0) is 81.5 Å². The first-order valence-electron chi connectivity index (χ1n) is 16.6. The maximum atomic E-state index is 17.0. The van der Waals surface area contributed by atoms with Crippen molar-refractivity contribution >= 4 is 33.6 Å². The lowest BCUT2D eigenvalue weighted by molar-refractivity contribution is -0.144. The summed E-state index contributed by atoms with van der Waals surface area (Å²) in [5, 5.41) is 8.54. The van der Waals surface area contributed by atoms with Crippen molar-refractivity contribution in [2.75, 3.05) is 44.3 Å². The highest BCUT2D eigenvalue weighted by atomic mass is 19.1. The summed E-state index contributed by atoms with van der Waals surface area (Å²) in [5.74, 6) is 0.101. The zero-order valence-corrected chi connectivity index (χ0v) is 26.2. The number of aromatic nitrogens is 5. The zero-order chi connectivity index (χ0) is 31.4. The van der Waals surface area contributed by atoms with E-state index in [1.165, 1.54) is 0 Å². The van der Waals surface area contributed by atoms with E-state index in [0.29, 0.717) is 55.7 Å². The summed E-state index contributed by atoms with van der Waals surface area (Å²) in [4.78, 5) is 31.3. The number of halogens is 2. The van der Waals surface area contributed by atoms with Gasteiger partial charge < -0.3 is 14.4 Å². The summed E-state index contributed by atoms with van der Waals surface area (Å²) in [6.45, 7) is 5.30. The number of pyridine rings is 1. The summed E-state index contributed by atoms with van der Waals surface area (Å²) in [6.07, 6.45) is 8.83. The third kappa shape index (κ3) is 5.14. The predicted molar refractivity (Wildman–Crippen MR) is 169 cm³/mol. The number of esters is 1. The number of hydrogen-bond acceptors (Lipinski definition) is 9. The number of nitrogens with zero attached hydrogens (tertiary/aromatic N) is 6. The molecule has 6 bridgehead atoms. The minimum Gasteiger partial charge on any atom is -0.466 e. The zero-order valence-electron chi connectivity index (χ0n) is 26.2. The first-order chi connectivity index (χ1) is 22.4. The van der Waals surface area contributed by atoms with E-state index in [2.05, 4.69) is 25.0 Å². The molecule has 3 saturated heterocycles. The molecule has 3 fully saturated rings. The van der Waals surface area contributed by atoms with Crippen molar-refractivity contribution in [2.24, 2.45) is 5.92 Å². The molecule has 5 aliphatic heterocycles. The van der Waals surface area contributed by atoms with Crippen LogP contribution in [0.15, 0.2) is 18.5 Å². The van der Waals surface area contributed by atoms with Crippen LogP contribution in [0.25, 0.3) is 33.1 Å². The number of aryl methyl sites for hydroxylation is 1. The van der Waals surface area contributed by atoms with Gasteiger partial charge in [0.1, 0.15) is 29.8 Å². The van der Waals surface area contributed by atoms with Gasteiger partial charge in [-0.15, -0.1) is 0 Å². The highest BCUT2D eigenvalue weighted by Crippen LogP contribution is 2.42. The predicted octanol–water partition coefficient (Wildman–Crippen LogP) is 5.46. The fraction of sp³-hybridized carbons (Fsp3) is 0.559. The Balaban J connectivity index is 1.28. The van der Waals surface area contributed by atoms with Gasteiger partial charge in [0.05, 0.1) is 29.2 Å². The molecule has 46 heavy (non-hydrogen) atoms. The molecule has 0 spiro atoms. The number of ether oxygens (including phenoxy) is 2. The number of H-pyrrole nitrogens is 1. The molecular weight excluding hydrogens is 592 g/mol. The second-order valence-corrected chi connectivity index (χ2v) is 13.6. The van der Waals surface area contributed by atoms with E-state index in [1.807, 2.05) is 13.0 Å². The molecule has 8 heterocycles. The summed E-state index contributed by atoms with van der Waals surface area (Å²) in [6, 6.07) is 2.09. The molecule has 0 saturated carbocycles. The largest absolute Gasteiger partial charge is 0.466 e. The number of benzene rings is 1. The van der Waals surface area contributed by atoms with Crippen LogP contribution in [0, 0.1) is 18.7 Å². The first kappa shape index (κ1) is 29.5. The second kappa shape index (κ2) is 11.7. The van der Waals surface area contributed by atoms with E-state index in [-0.39, 0.29) is 47.7 Å². The quantitative estimate of drug-likeness (QED) is 0.295. The standard InChI is InChI=1S/C34H39F2N7O3/c1-20-13-26-24(16-38-41-26)28-23(20)6-2-7-27(44)45-12-8-21-5-3-10-42(17-21)32-25-15-37-31(28)29(36)30(25)39-33(40-32)46-19-34-9-4-11-43(34)18-22(35)14-34/h13,15-16,21-22H,2-12,14,17-19H2,1H3,(H,38,41)/t21?,22-,34+/m1/s1. The average Bonchev–Trinajstić information content (AvgIpc) is 3.74. The highest BCUT2D eigenvalue weighted by molar-refractivity contribution is 5.99. The van der Waals surface area contributed by atoms with Crippen LogP contribution in [0.1, 0.15) is 62.5 Å². The Bertz CT molecular complexity index is 1810. The van der Waals surface area contributed by atoms with E-state index in [0.717, 1.165) is 67.2 Å². The van der Waals surface area contributed by atoms with Crippen LogP contribution in [-0.2, 0) is 16.0 Å². The minimum absolute atomic E-state index is 0.0916. The number of alkyl halides is 1. The van der Waals surface area contributed by atoms with Crippen molar-refractivity contribution in [1.82, 2.24) is 30.0 Å². The number of carbonyl (C=O) groups is 1. The van der Waals surface area contributed by atoms with Gasteiger partial charge in [-0.3, -0.25) is 19.8 Å². The fourth-order valence-corrected chi connectivity index (χ4v) is 8.32.